The van der Waals surface area contributed by atoms with E-state index >= 15 is 0 Å². The third kappa shape index (κ3) is 2.83. The molecular formula is C9H16N4O. The van der Waals surface area contributed by atoms with Crippen LogP contribution in [0.25, 0.3) is 0 Å². The van der Waals surface area contributed by atoms with Gasteiger partial charge in [-0.15, -0.1) is 0 Å². The predicted octanol–water partition coefficient (Wildman–Crippen LogP) is 1.33. The molecule has 0 saturated heterocycles. The SMILES string of the molecule is CCC(C)(C)Oc1nc(C)nc(N)n1. The average molecular weight is 196 g/mol. The number of rotatable bonds is 3. The molecule has 0 bridgehead atoms. The Morgan fingerprint density at radius 2 is 1.93 bits per heavy atom. The van der Waals surface area contributed by atoms with Gasteiger partial charge in [-0.05, 0) is 27.2 Å². The van der Waals surface area contributed by atoms with Crippen LogP contribution in [0.2, 0.25) is 0 Å². The second-order valence-electron chi connectivity index (χ2n) is 3.74. The van der Waals surface area contributed by atoms with Crippen molar-refractivity contribution in [2.24, 2.45) is 0 Å². The number of aromatic nitrogens is 3. The van der Waals surface area contributed by atoms with Crippen molar-refractivity contribution >= 4 is 5.95 Å². The van der Waals surface area contributed by atoms with E-state index in [9.17, 15) is 0 Å². The minimum absolute atomic E-state index is 0.194. The standard InChI is InChI=1S/C9H16N4O/c1-5-9(3,4)14-8-12-6(2)11-7(10)13-8/h5H2,1-4H3,(H2,10,11,12,13). The Hall–Kier alpha value is -1.39. The molecular weight excluding hydrogens is 180 g/mol. The maximum absolute atomic E-state index is 5.57. The highest BCUT2D eigenvalue weighted by atomic mass is 16.5. The molecule has 0 atom stereocenters. The van der Waals surface area contributed by atoms with Gasteiger partial charge in [0.15, 0.2) is 0 Å². The Labute approximate surface area is 83.7 Å². The summed E-state index contributed by atoms with van der Waals surface area (Å²) >= 11 is 0. The van der Waals surface area contributed by atoms with Gasteiger partial charge < -0.3 is 10.5 Å². The van der Waals surface area contributed by atoms with Gasteiger partial charge in [-0.2, -0.15) is 15.0 Å². The second-order valence-corrected chi connectivity index (χ2v) is 3.74. The first-order chi connectivity index (χ1) is 6.43. The molecule has 0 saturated carbocycles. The lowest BCUT2D eigenvalue weighted by atomic mass is 10.1. The summed E-state index contributed by atoms with van der Waals surface area (Å²) in [5.41, 5.74) is 5.20. The van der Waals surface area contributed by atoms with Crippen LogP contribution in [0.5, 0.6) is 6.01 Å². The summed E-state index contributed by atoms with van der Waals surface area (Å²) in [4.78, 5) is 11.8. The van der Waals surface area contributed by atoms with Gasteiger partial charge in [0, 0.05) is 0 Å². The zero-order valence-electron chi connectivity index (χ0n) is 9.03. The van der Waals surface area contributed by atoms with Crippen molar-refractivity contribution in [3.63, 3.8) is 0 Å². The second kappa shape index (κ2) is 3.77. The molecule has 0 fully saturated rings. The van der Waals surface area contributed by atoms with Gasteiger partial charge in [0.2, 0.25) is 5.95 Å². The first-order valence-corrected chi connectivity index (χ1v) is 4.60. The maximum Gasteiger partial charge on any atom is 0.322 e. The van der Waals surface area contributed by atoms with E-state index in [0.29, 0.717) is 11.8 Å². The number of ether oxygens (including phenoxy) is 1. The number of nitrogen functional groups attached to an aromatic ring is 1. The molecule has 2 N–H and O–H groups in total. The molecule has 1 aromatic heterocycles. The zero-order valence-corrected chi connectivity index (χ0v) is 9.03. The molecule has 0 aliphatic carbocycles. The molecule has 14 heavy (non-hydrogen) atoms. The lowest BCUT2D eigenvalue weighted by molar-refractivity contribution is 0.0921. The number of nitrogens with zero attached hydrogens (tertiary/aromatic N) is 3. The van der Waals surface area contributed by atoms with Crippen LogP contribution in [0, 0.1) is 6.92 Å². The van der Waals surface area contributed by atoms with Crippen molar-refractivity contribution in [3.05, 3.63) is 5.82 Å². The van der Waals surface area contributed by atoms with Crippen molar-refractivity contribution in [1.82, 2.24) is 15.0 Å². The van der Waals surface area contributed by atoms with Crippen LogP contribution in [0.3, 0.4) is 0 Å². The Morgan fingerprint density at radius 3 is 2.43 bits per heavy atom. The van der Waals surface area contributed by atoms with Crippen molar-refractivity contribution in [2.45, 2.75) is 39.7 Å². The van der Waals surface area contributed by atoms with E-state index in [2.05, 4.69) is 15.0 Å². The molecule has 0 spiro atoms. The Morgan fingerprint density at radius 1 is 1.29 bits per heavy atom. The summed E-state index contributed by atoms with van der Waals surface area (Å²) in [6.07, 6.45) is 0.873. The molecule has 1 aromatic rings. The number of hydrogen-bond donors (Lipinski definition) is 1. The number of hydrogen-bond acceptors (Lipinski definition) is 5. The molecule has 0 unspecified atom stereocenters. The summed E-state index contributed by atoms with van der Waals surface area (Å²) in [6, 6.07) is 0.293. The van der Waals surface area contributed by atoms with Crippen LogP contribution in [0.4, 0.5) is 5.95 Å². The first-order valence-electron chi connectivity index (χ1n) is 4.60. The Balaban J connectivity index is 2.87. The fraction of sp³-hybridized carbons (Fsp3) is 0.667. The summed E-state index contributed by atoms with van der Waals surface area (Å²) in [6.45, 7) is 7.74. The summed E-state index contributed by atoms with van der Waals surface area (Å²) in [5.74, 6) is 0.763. The van der Waals surface area contributed by atoms with Gasteiger partial charge in [-0.3, -0.25) is 0 Å². The number of anilines is 1. The lowest BCUT2D eigenvalue weighted by Gasteiger charge is -2.23. The third-order valence-corrected chi connectivity index (χ3v) is 1.96. The van der Waals surface area contributed by atoms with Crippen molar-refractivity contribution in [2.75, 3.05) is 5.73 Å². The van der Waals surface area contributed by atoms with Crippen LogP contribution in [-0.4, -0.2) is 20.6 Å². The van der Waals surface area contributed by atoms with E-state index in [1.54, 1.807) is 6.92 Å². The Bertz CT molecular complexity index is 304. The quantitative estimate of drug-likeness (QED) is 0.789. The maximum atomic E-state index is 5.57. The zero-order chi connectivity index (χ0) is 10.8. The van der Waals surface area contributed by atoms with E-state index < -0.39 is 0 Å². The van der Waals surface area contributed by atoms with Crippen molar-refractivity contribution in [1.29, 1.82) is 0 Å². The fourth-order valence-electron chi connectivity index (χ4n) is 0.842. The highest BCUT2D eigenvalue weighted by Gasteiger charge is 2.18. The monoisotopic (exact) mass is 196 g/mol. The van der Waals surface area contributed by atoms with E-state index in [-0.39, 0.29) is 11.5 Å². The van der Waals surface area contributed by atoms with Crippen LogP contribution in [-0.2, 0) is 0 Å². The van der Waals surface area contributed by atoms with Gasteiger partial charge in [-0.1, -0.05) is 6.92 Å². The summed E-state index contributed by atoms with van der Waals surface area (Å²) in [5, 5.41) is 0. The largest absolute Gasteiger partial charge is 0.457 e. The summed E-state index contributed by atoms with van der Waals surface area (Å²) in [7, 11) is 0. The molecule has 0 aliphatic heterocycles. The predicted molar refractivity (Wildman–Crippen MR) is 54.0 cm³/mol. The van der Waals surface area contributed by atoms with Crippen molar-refractivity contribution in [3.8, 4) is 6.01 Å². The molecule has 1 heterocycles. The van der Waals surface area contributed by atoms with E-state index in [1.165, 1.54) is 0 Å². The topological polar surface area (TPSA) is 73.9 Å². The summed E-state index contributed by atoms with van der Waals surface area (Å²) < 4.78 is 5.57. The molecule has 0 amide bonds. The van der Waals surface area contributed by atoms with E-state index in [4.69, 9.17) is 10.5 Å². The molecule has 78 valence electrons. The van der Waals surface area contributed by atoms with Gasteiger partial charge in [0.05, 0.1) is 0 Å². The van der Waals surface area contributed by atoms with Crippen molar-refractivity contribution < 1.29 is 4.74 Å². The lowest BCUT2D eigenvalue weighted by Crippen LogP contribution is -2.28. The van der Waals surface area contributed by atoms with Gasteiger partial charge in [-0.25, -0.2) is 0 Å². The molecule has 5 nitrogen and oxygen atoms in total. The highest BCUT2D eigenvalue weighted by molar-refractivity contribution is 5.17. The molecule has 0 aromatic carbocycles. The molecule has 5 heteroatoms. The van der Waals surface area contributed by atoms with Gasteiger partial charge in [0.1, 0.15) is 11.4 Å². The van der Waals surface area contributed by atoms with Crippen LogP contribution >= 0.6 is 0 Å². The van der Waals surface area contributed by atoms with E-state index in [0.717, 1.165) is 6.42 Å². The number of nitrogens with two attached hydrogens (primary N) is 1. The minimum Gasteiger partial charge on any atom is -0.457 e. The van der Waals surface area contributed by atoms with Gasteiger partial charge >= 0.3 is 6.01 Å². The van der Waals surface area contributed by atoms with Crippen LogP contribution in [0.15, 0.2) is 0 Å². The Kier molecular flexibility index (Phi) is 2.88. The normalized spacial score (nSPS) is 11.4. The fourth-order valence-corrected chi connectivity index (χ4v) is 0.842. The average Bonchev–Trinajstić information content (AvgIpc) is 2.01. The van der Waals surface area contributed by atoms with Gasteiger partial charge in [0.25, 0.3) is 0 Å². The highest BCUT2D eigenvalue weighted by Crippen LogP contribution is 2.17. The minimum atomic E-state index is -0.278. The molecule has 0 radical (unpaired) electrons. The third-order valence-electron chi connectivity index (χ3n) is 1.96. The van der Waals surface area contributed by atoms with Crippen LogP contribution < -0.4 is 10.5 Å². The smallest absolute Gasteiger partial charge is 0.322 e. The van der Waals surface area contributed by atoms with E-state index in [1.807, 2.05) is 20.8 Å². The number of aryl methyl sites for hydroxylation is 1. The molecule has 0 aliphatic rings. The first kappa shape index (κ1) is 10.7. The molecule has 1 rings (SSSR count). The van der Waals surface area contributed by atoms with Crippen LogP contribution in [0.1, 0.15) is 33.0 Å².